The molecule has 2 amide bonds. The summed E-state index contributed by atoms with van der Waals surface area (Å²) >= 11 is 5.80. The van der Waals surface area contributed by atoms with Crippen LogP contribution in [0.3, 0.4) is 0 Å². The van der Waals surface area contributed by atoms with Crippen molar-refractivity contribution in [2.24, 2.45) is 0 Å². The van der Waals surface area contributed by atoms with Gasteiger partial charge in [-0.3, -0.25) is 9.59 Å². The Kier molecular flexibility index (Phi) is 4.45. The zero-order valence-corrected chi connectivity index (χ0v) is 11.9. The van der Waals surface area contributed by atoms with E-state index < -0.39 is 11.8 Å². The van der Waals surface area contributed by atoms with E-state index in [2.05, 4.69) is 10.6 Å². The third-order valence-electron chi connectivity index (χ3n) is 2.75. The maximum atomic E-state index is 11.8. The molecule has 0 radical (unpaired) electrons. The van der Waals surface area contributed by atoms with Crippen molar-refractivity contribution < 1.29 is 14.7 Å². The van der Waals surface area contributed by atoms with E-state index in [4.69, 9.17) is 11.6 Å². The minimum Gasteiger partial charge on any atom is -0.508 e. The predicted octanol–water partition coefficient (Wildman–Crippen LogP) is 2.93. The lowest BCUT2D eigenvalue weighted by Crippen LogP contribution is -2.29. The molecule has 0 saturated carbocycles. The summed E-state index contributed by atoms with van der Waals surface area (Å²) in [5.41, 5.74) is 1.54. The molecule has 2 rings (SSSR count). The predicted molar refractivity (Wildman–Crippen MR) is 81.6 cm³/mol. The van der Waals surface area contributed by atoms with Gasteiger partial charge in [0, 0.05) is 16.4 Å². The Bertz CT molecular complexity index is 701. The lowest BCUT2D eigenvalue weighted by Gasteiger charge is -2.09. The van der Waals surface area contributed by atoms with Crippen molar-refractivity contribution in [2.45, 2.75) is 6.92 Å². The first-order chi connectivity index (χ1) is 9.95. The number of carbonyl (C=O) groups excluding carboxylic acids is 2. The molecule has 0 aliphatic carbocycles. The van der Waals surface area contributed by atoms with Crippen LogP contribution in [0.4, 0.5) is 11.4 Å². The van der Waals surface area contributed by atoms with E-state index in [1.165, 1.54) is 18.2 Å². The molecular formula is C15H13ClN2O3. The van der Waals surface area contributed by atoms with Gasteiger partial charge in [-0.05, 0) is 48.9 Å². The Hall–Kier alpha value is -2.53. The molecule has 0 spiro atoms. The van der Waals surface area contributed by atoms with Gasteiger partial charge in [-0.1, -0.05) is 17.7 Å². The number of rotatable bonds is 2. The van der Waals surface area contributed by atoms with Gasteiger partial charge in [0.1, 0.15) is 5.75 Å². The second-order valence-electron chi connectivity index (χ2n) is 4.42. The fraction of sp³-hybridized carbons (Fsp3) is 0.0667. The highest BCUT2D eigenvalue weighted by molar-refractivity contribution is 6.43. The number of benzene rings is 2. The van der Waals surface area contributed by atoms with Crippen molar-refractivity contribution in [3.63, 3.8) is 0 Å². The molecule has 6 heteroatoms. The minimum absolute atomic E-state index is 0.0916. The molecule has 2 aromatic carbocycles. The number of halogens is 1. The van der Waals surface area contributed by atoms with Crippen LogP contribution in [0.25, 0.3) is 0 Å². The van der Waals surface area contributed by atoms with Gasteiger partial charge in [-0.25, -0.2) is 0 Å². The van der Waals surface area contributed by atoms with Gasteiger partial charge in [0.2, 0.25) is 0 Å². The van der Waals surface area contributed by atoms with Crippen LogP contribution in [0, 0.1) is 6.92 Å². The molecule has 0 aromatic heterocycles. The average Bonchev–Trinajstić information content (AvgIpc) is 2.41. The van der Waals surface area contributed by atoms with Gasteiger partial charge in [0.05, 0.1) is 0 Å². The molecule has 3 N–H and O–H groups in total. The van der Waals surface area contributed by atoms with E-state index in [1.54, 1.807) is 31.2 Å². The molecule has 0 fully saturated rings. The van der Waals surface area contributed by atoms with Crippen LogP contribution in [-0.4, -0.2) is 16.9 Å². The molecule has 5 nitrogen and oxygen atoms in total. The van der Waals surface area contributed by atoms with Crippen molar-refractivity contribution in [3.8, 4) is 5.75 Å². The summed E-state index contributed by atoms with van der Waals surface area (Å²) in [6, 6.07) is 10.9. The summed E-state index contributed by atoms with van der Waals surface area (Å²) in [4.78, 5) is 23.6. The standard InChI is InChI=1S/C15H13ClN2O3/c1-9-7-12(19)5-6-13(9)18-15(21)14(20)17-11-4-2-3-10(16)8-11/h2-8,19H,1H3,(H,17,20)(H,18,21). The Morgan fingerprint density at radius 1 is 1.05 bits per heavy atom. The van der Waals surface area contributed by atoms with Gasteiger partial charge < -0.3 is 15.7 Å². The second-order valence-corrected chi connectivity index (χ2v) is 4.85. The van der Waals surface area contributed by atoms with E-state index >= 15 is 0 Å². The molecular weight excluding hydrogens is 292 g/mol. The minimum atomic E-state index is -0.802. The molecule has 21 heavy (non-hydrogen) atoms. The highest BCUT2D eigenvalue weighted by Gasteiger charge is 2.15. The van der Waals surface area contributed by atoms with E-state index in [1.807, 2.05) is 0 Å². The summed E-state index contributed by atoms with van der Waals surface area (Å²) in [5, 5.41) is 14.7. The normalized spacial score (nSPS) is 10.0. The lowest BCUT2D eigenvalue weighted by atomic mass is 10.2. The molecule has 0 bridgehead atoms. The second kappa shape index (κ2) is 6.28. The fourth-order valence-corrected chi connectivity index (χ4v) is 1.91. The van der Waals surface area contributed by atoms with Crippen molar-refractivity contribution in [2.75, 3.05) is 10.6 Å². The molecule has 0 aliphatic heterocycles. The first-order valence-electron chi connectivity index (χ1n) is 6.13. The van der Waals surface area contributed by atoms with E-state index in [0.29, 0.717) is 22.0 Å². The van der Waals surface area contributed by atoms with Crippen LogP contribution >= 0.6 is 11.6 Å². The third-order valence-corrected chi connectivity index (χ3v) is 2.98. The maximum Gasteiger partial charge on any atom is 0.314 e. The molecule has 0 heterocycles. The van der Waals surface area contributed by atoms with Gasteiger partial charge in [0.25, 0.3) is 0 Å². The number of hydrogen-bond donors (Lipinski definition) is 3. The largest absolute Gasteiger partial charge is 0.508 e. The number of phenols is 1. The van der Waals surface area contributed by atoms with E-state index in [-0.39, 0.29) is 5.75 Å². The number of hydrogen-bond acceptors (Lipinski definition) is 3. The van der Waals surface area contributed by atoms with Gasteiger partial charge in [0.15, 0.2) is 0 Å². The van der Waals surface area contributed by atoms with Crippen molar-refractivity contribution in [1.29, 1.82) is 0 Å². The van der Waals surface area contributed by atoms with Crippen LogP contribution in [-0.2, 0) is 9.59 Å². The van der Waals surface area contributed by atoms with Crippen molar-refractivity contribution in [3.05, 3.63) is 53.1 Å². The number of aromatic hydroxyl groups is 1. The van der Waals surface area contributed by atoms with Crippen molar-refractivity contribution in [1.82, 2.24) is 0 Å². The quantitative estimate of drug-likeness (QED) is 0.589. The number of aryl methyl sites for hydroxylation is 1. The third kappa shape index (κ3) is 3.97. The number of phenolic OH excluding ortho intramolecular Hbond substituents is 1. The topological polar surface area (TPSA) is 78.4 Å². The maximum absolute atomic E-state index is 11.8. The number of carbonyl (C=O) groups is 2. The van der Waals surface area contributed by atoms with Crippen molar-refractivity contribution >= 4 is 34.8 Å². The SMILES string of the molecule is Cc1cc(O)ccc1NC(=O)C(=O)Nc1cccc(Cl)c1. The molecule has 0 aliphatic rings. The summed E-state index contributed by atoms with van der Waals surface area (Å²) in [6.45, 7) is 1.71. The first-order valence-corrected chi connectivity index (χ1v) is 6.51. The Balaban J connectivity index is 2.04. The Labute approximate surface area is 126 Å². The summed E-state index contributed by atoms with van der Waals surface area (Å²) in [6.07, 6.45) is 0. The fourth-order valence-electron chi connectivity index (χ4n) is 1.72. The van der Waals surface area contributed by atoms with Crippen LogP contribution in [0.15, 0.2) is 42.5 Å². The van der Waals surface area contributed by atoms with Crippen LogP contribution in [0.1, 0.15) is 5.56 Å². The van der Waals surface area contributed by atoms with Gasteiger partial charge in [-0.2, -0.15) is 0 Å². The summed E-state index contributed by atoms with van der Waals surface area (Å²) in [7, 11) is 0. The zero-order chi connectivity index (χ0) is 15.4. The monoisotopic (exact) mass is 304 g/mol. The number of anilines is 2. The highest BCUT2D eigenvalue weighted by Crippen LogP contribution is 2.20. The number of nitrogens with one attached hydrogen (secondary N) is 2. The molecule has 0 saturated heterocycles. The smallest absolute Gasteiger partial charge is 0.314 e. The van der Waals surface area contributed by atoms with Crippen LogP contribution < -0.4 is 10.6 Å². The average molecular weight is 305 g/mol. The van der Waals surface area contributed by atoms with E-state index in [9.17, 15) is 14.7 Å². The van der Waals surface area contributed by atoms with E-state index in [0.717, 1.165) is 0 Å². The molecule has 0 unspecified atom stereocenters. The lowest BCUT2D eigenvalue weighted by molar-refractivity contribution is -0.133. The molecule has 108 valence electrons. The van der Waals surface area contributed by atoms with Crippen LogP contribution in [0.5, 0.6) is 5.75 Å². The highest BCUT2D eigenvalue weighted by atomic mass is 35.5. The summed E-state index contributed by atoms with van der Waals surface area (Å²) in [5.74, 6) is -1.51. The number of amides is 2. The van der Waals surface area contributed by atoms with Crippen LogP contribution in [0.2, 0.25) is 5.02 Å². The molecule has 0 atom stereocenters. The first kappa shape index (κ1) is 14.9. The summed E-state index contributed by atoms with van der Waals surface area (Å²) < 4.78 is 0. The molecule has 2 aromatic rings. The zero-order valence-electron chi connectivity index (χ0n) is 11.2. The Morgan fingerprint density at radius 2 is 1.76 bits per heavy atom. The van der Waals surface area contributed by atoms with Gasteiger partial charge >= 0.3 is 11.8 Å². The van der Waals surface area contributed by atoms with Gasteiger partial charge in [-0.15, -0.1) is 0 Å². The Morgan fingerprint density at radius 3 is 2.43 bits per heavy atom.